The zero-order valence-corrected chi connectivity index (χ0v) is 14.6. The molecule has 0 fully saturated rings. The van der Waals surface area contributed by atoms with Crippen LogP contribution in [0.4, 0.5) is 0 Å². The van der Waals surface area contributed by atoms with Crippen LogP contribution in [0.5, 0.6) is 0 Å². The molecule has 0 saturated carbocycles. The van der Waals surface area contributed by atoms with Crippen molar-refractivity contribution in [2.75, 3.05) is 19.8 Å². The molecule has 2 heterocycles. The van der Waals surface area contributed by atoms with E-state index in [-0.39, 0.29) is 18.3 Å². The third-order valence-corrected chi connectivity index (χ3v) is 4.45. The number of aromatic amines is 1. The Kier molecular flexibility index (Phi) is 5.38. The van der Waals surface area contributed by atoms with Crippen molar-refractivity contribution in [1.29, 1.82) is 0 Å². The summed E-state index contributed by atoms with van der Waals surface area (Å²) in [6.07, 6.45) is 3.56. The SMILES string of the molecule is CCCOCCOC(=O)c1[nH]c2c(c1C)C(=O)C[C@@H](c1ccco1)C2. The number of Topliss-reactive ketones (excluding diaryl/α,β-unsaturated/α-hetero) is 1. The Hall–Kier alpha value is -2.34. The molecule has 2 aromatic heterocycles. The van der Waals surface area contributed by atoms with Crippen LogP contribution in [-0.4, -0.2) is 36.6 Å². The van der Waals surface area contributed by atoms with Crippen LogP contribution in [0.1, 0.15) is 63.5 Å². The van der Waals surface area contributed by atoms with Crippen molar-refractivity contribution in [1.82, 2.24) is 4.98 Å². The van der Waals surface area contributed by atoms with Crippen molar-refractivity contribution in [3.05, 3.63) is 46.7 Å². The molecule has 0 radical (unpaired) electrons. The van der Waals surface area contributed by atoms with E-state index in [1.807, 2.05) is 19.1 Å². The zero-order valence-electron chi connectivity index (χ0n) is 14.6. The maximum atomic E-state index is 12.5. The average molecular weight is 345 g/mol. The number of carbonyl (C=O) groups excluding carboxylic acids is 2. The van der Waals surface area contributed by atoms with Gasteiger partial charge in [-0.3, -0.25) is 4.79 Å². The second-order valence-corrected chi connectivity index (χ2v) is 6.27. The van der Waals surface area contributed by atoms with Crippen LogP contribution < -0.4 is 0 Å². The van der Waals surface area contributed by atoms with Gasteiger partial charge in [0.1, 0.15) is 18.1 Å². The van der Waals surface area contributed by atoms with Crippen LogP contribution in [0, 0.1) is 6.92 Å². The minimum absolute atomic E-state index is 0.000589. The number of carbonyl (C=O) groups is 2. The normalized spacial score (nSPS) is 16.7. The lowest BCUT2D eigenvalue weighted by atomic mass is 9.84. The highest BCUT2D eigenvalue weighted by Crippen LogP contribution is 2.35. The molecule has 3 rings (SSSR count). The van der Waals surface area contributed by atoms with E-state index in [1.54, 1.807) is 13.2 Å². The maximum absolute atomic E-state index is 12.5. The van der Waals surface area contributed by atoms with Gasteiger partial charge in [0.15, 0.2) is 5.78 Å². The summed E-state index contributed by atoms with van der Waals surface area (Å²) in [6, 6.07) is 3.70. The molecule has 0 amide bonds. The highest BCUT2D eigenvalue weighted by molar-refractivity contribution is 6.03. The molecule has 6 nitrogen and oxygen atoms in total. The predicted octanol–water partition coefficient (Wildman–Crippen LogP) is 3.41. The Morgan fingerprint density at radius 1 is 1.32 bits per heavy atom. The number of esters is 1. The van der Waals surface area contributed by atoms with Gasteiger partial charge in [-0.2, -0.15) is 0 Å². The Balaban J connectivity index is 1.71. The van der Waals surface area contributed by atoms with Crippen molar-refractivity contribution in [2.24, 2.45) is 0 Å². The fourth-order valence-corrected chi connectivity index (χ4v) is 3.27. The van der Waals surface area contributed by atoms with Gasteiger partial charge < -0.3 is 18.9 Å². The second kappa shape index (κ2) is 7.70. The Bertz CT molecular complexity index is 744. The van der Waals surface area contributed by atoms with Crippen LogP contribution in [0.25, 0.3) is 0 Å². The van der Waals surface area contributed by atoms with E-state index >= 15 is 0 Å². The predicted molar refractivity (Wildman–Crippen MR) is 91.0 cm³/mol. The number of H-pyrrole nitrogens is 1. The van der Waals surface area contributed by atoms with Crippen molar-refractivity contribution in [3.8, 4) is 0 Å². The largest absolute Gasteiger partial charge is 0.469 e. The van der Waals surface area contributed by atoms with Gasteiger partial charge in [-0.15, -0.1) is 0 Å². The number of hydrogen-bond acceptors (Lipinski definition) is 5. The van der Waals surface area contributed by atoms with Gasteiger partial charge in [0.25, 0.3) is 0 Å². The number of ketones is 1. The van der Waals surface area contributed by atoms with Gasteiger partial charge in [0, 0.05) is 30.2 Å². The molecule has 6 heteroatoms. The molecule has 1 aliphatic carbocycles. The lowest BCUT2D eigenvalue weighted by Gasteiger charge is -2.19. The standard InChI is InChI=1S/C19H23NO5/c1-3-6-23-8-9-25-19(22)18-12(2)17-14(20-18)10-13(11-15(17)21)16-5-4-7-24-16/h4-5,7,13,20H,3,6,8-11H2,1-2H3/t13-/m0/s1. The molecular weight excluding hydrogens is 322 g/mol. The molecule has 0 saturated heterocycles. The summed E-state index contributed by atoms with van der Waals surface area (Å²) in [5.41, 5.74) is 2.42. The van der Waals surface area contributed by atoms with Crippen LogP contribution in [-0.2, 0) is 15.9 Å². The first-order valence-electron chi connectivity index (χ1n) is 8.64. The molecule has 1 aliphatic rings. The third kappa shape index (κ3) is 3.69. The van der Waals surface area contributed by atoms with E-state index in [2.05, 4.69) is 4.98 Å². The van der Waals surface area contributed by atoms with Crippen LogP contribution in [0.3, 0.4) is 0 Å². The zero-order chi connectivity index (χ0) is 17.8. The molecule has 0 bridgehead atoms. The van der Waals surface area contributed by atoms with E-state index < -0.39 is 5.97 Å². The molecule has 1 N–H and O–H groups in total. The minimum atomic E-state index is -0.450. The molecule has 25 heavy (non-hydrogen) atoms. The molecule has 0 unspecified atom stereocenters. The number of aromatic nitrogens is 1. The first kappa shape index (κ1) is 17.5. The number of hydrogen-bond donors (Lipinski definition) is 1. The Labute approximate surface area is 146 Å². The van der Waals surface area contributed by atoms with Gasteiger partial charge in [0.05, 0.1) is 12.9 Å². The average Bonchev–Trinajstić information content (AvgIpc) is 3.23. The smallest absolute Gasteiger partial charge is 0.355 e. The van der Waals surface area contributed by atoms with E-state index in [1.165, 1.54) is 0 Å². The molecular formula is C19H23NO5. The van der Waals surface area contributed by atoms with Gasteiger partial charge in [-0.05, 0) is 37.5 Å². The number of rotatable bonds is 7. The van der Waals surface area contributed by atoms with Gasteiger partial charge in [-0.1, -0.05) is 6.92 Å². The topological polar surface area (TPSA) is 81.5 Å². The van der Waals surface area contributed by atoms with Crippen LogP contribution >= 0.6 is 0 Å². The molecule has 0 aliphatic heterocycles. The summed E-state index contributed by atoms with van der Waals surface area (Å²) >= 11 is 0. The highest BCUT2D eigenvalue weighted by Gasteiger charge is 2.33. The summed E-state index contributed by atoms with van der Waals surface area (Å²) in [5, 5.41) is 0. The second-order valence-electron chi connectivity index (χ2n) is 6.27. The van der Waals surface area contributed by atoms with Crippen LogP contribution in [0.2, 0.25) is 0 Å². The first-order valence-corrected chi connectivity index (χ1v) is 8.64. The quantitative estimate of drug-likeness (QED) is 0.614. The van der Waals surface area contributed by atoms with Gasteiger partial charge in [-0.25, -0.2) is 4.79 Å². The first-order chi connectivity index (χ1) is 12.1. The molecule has 0 spiro atoms. The molecule has 0 aromatic carbocycles. The summed E-state index contributed by atoms with van der Waals surface area (Å²) in [7, 11) is 0. The summed E-state index contributed by atoms with van der Waals surface area (Å²) in [4.78, 5) is 27.9. The number of fused-ring (bicyclic) bond motifs is 1. The monoisotopic (exact) mass is 345 g/mol. The van der Waals surface area contributed by atoms with E-state index in [0.717, 1.165) is 17.9 Å². The molecule has 2 aromatic rings. The van der Waals surface area contributed by atoms with Gasteiger partial charge in [0.2, 0.25) is 0 Å². The Morgan fingerprint density at radius 3 is 2.88 bits per heavy atom. The lowest BCUT2D eigenvalue weighted by Crippen LogP contribution is -2.18. The molecule has 1 atom stereocenters. The maximum Gasteiger partial charge on any atom is 0.355 e. The van der Waals surface area contributed by atoms with E-state index in [9.17, 15) is 9.59 Å². The van der Waals surface area contributed by atoms with Crippen molar-refractivity contribution in [2.45, 2.75) is 39.0 Å². The van der Waals surface area contributed by atoms with Crippen molar-refractivity contribution < 1.29 is 23.5 Å². The van der Waals surface area contributed by atoms with Gasteiger partial charge >= 0.3 is 5.97 Å². The Morgan fingerprint density at radius 2 is 2.16 bits per heavy atom. The number of nitrogens with one attached hydrogen (secondary N) is 1. The summed E-state index contributed by atoms with van der Waals surface area (Å²) in [5.74, 6) is 0.374. The number of furan rings is 1. The molecule has 134 valence electrons. The fraction of sp³-hybridized carbons (Fsp3) is 0.474. The summed E-state index contributed by atoms with van der Waals surface area (Å²) in [6.45, 7) is 5.02. The van der Waals surface area contributed by atoms with E-state index in [4.69, 9.17) is 13.9 Å². The highest BCUT2D eigenvalue weighted by atomic mass is 16.6. The van der Waals surface area contributed by atoms with Crippen LogP contribution in [0.15, 0.2) is 22.8 Å². The van der Waals surface area contributed by atoms with Crippen molar-refractivity contribution >= 4 is 11.8 Å². The fourth-order valence-electron chi connectivity index (χ4n) is 3.27. The number of ether oxygens (including phenoxy) is 2. The van der Waals surface area contributed by atoms with Crippen molar-refractivity contribution in [3.63, 3.8) is 0 Å². The minimum Gasteiger partial charge on any atom is -0.469 e. The third-order valence-electron chi connectivity index (χ3n) is 4.45. The van der Waals surface area contributed by atoms with E-state index in [0.29, 0.717) is 42.9 Å². The summed E-state index contributed by atoms with van der Waals surface area (Å²) < 4.78 is 16.0. The lowest BCUT2D eigenvalue weighted by molar-refractivity contribution is 0.0312.